The van der Waals surface area contributed by atoms with Crippen LogP contribution in [0.15, 0.2) is 77.6 Å². The van der Waals surface area contributed by atoms with Gasteiger partial charge in [-0.05, 0) is 29.8 Å². The minimum atomic E-state index is -0.904. The second-order valence-electron chi connectivity index (χ2n) is 7.38. The Morgan fingerprint density at radius 2 is 1.63 bits per heavy atom. The Balaban J connectivity index is 1.65. The van der Waals surface area contributed by atoms with E-state index in [2.05, 4.69) is 20.6 Å². The molecule has 1 heterocycles. The van der Waals surface area contributed by atoms with Crippen LogP contribution in [-0.2, 0) is 6.54 Å². The number of anilines is 1. The number of aromatic hydroxyl groups is 1. The molecule has 0 atom stereocenters. The van der Waals surface area contributed by atoms with Gasteiger partial charge in [0.05, 0.1) is 21.3 Å². The monoisotopic (exact) mass is 508 g/mol. The lowest BCUT2D eigenvalue weighted by Gasteiger charge is -2.13. The molecule has 0 saturated heterocycles. The summed E-state index contributed by atoms with van der Waals surface area (Å²) >= 11 is 12.2. The predicted molar refractivity (Wildman–Crippen MR) is 134 cm³/mol. The molecule has 35 heavy (non-hydrogen) atoms. The molecule has 1 aromatic heterocycles. The molecule has 4 rings (SSSR count). The van der Waals surface area contributed by atoms with Crippen molar-refractivity contribution in [2.24, 2.45) is 0 Å². The maximum Gasteiger partial charge on any atom is 0.294 e. The van der Waals surface area contributed by atoms with Crippen molar-refractivity contribution in [2.45, 2.75) is 6.54 Å². The van der Waals surface area contributed by atoms with Crippen LogP contribution >= 0.6 is 23.2 Å². The highest BCUT2D eigenvalue weighted by atomic mass is 35.5. The Morgan fingerprint density at radius 1 is 0.914 bits per heavy atom. The number of H-pyrrole nitrogens is 1. The van der Waals surface area contributed by atoms with Crippen molar-refractivity contribution in [1.29, 1.82) is 0 Å². The molecule has 0 unspecified atom stereocenters. The van der Waals surface area contributed by atoms with Crippen LogP contribution < -0.4 is 16.2 Å². The molecular weight excluding hydrogens is 491 g/mol. The molecule has 2 amide bonds. The van der Waals surface area contributed by atoms with E-state index in [0.717, 1.165) is 5.56 Å². The van der Waals surface area contributed by atoms with Gasteiger partial charge in [0.25, 0.3) is 17.4 Å². The maximum atomic E-state index is 12.8. The van der Waals surface area contributed by atoms with Crippen molar-refractivity contribution >= 4 is 40.7 Å². The number of halogens is 2. The number of amides is 2. The number of nitrogens with zero attached hydrogens (tertiary/aromatic N) is 1. The van der Waals surface area contributed by atoms with E-state index in [-0.39, 0.29) is 33.7 Å². The molecule has 4 N–H and O–H groups in total. The first kappa shape index (κ1) is 24.0. The predicted octanol–water partition coefficient (Wildman–Crippen LogP) is 4.63. The van der Waals surface area contributed by atoms with Crippen LogP contribution in [0.4, 0.5) is 5.69 Å². The zero-order valence-corrected chi connectivity index (χ0v) is 19.5. The van der Waals surface area contributed by atoms with Gasteiger partial charge < -0.3 is 20.7 Å². The fourth-order valence-corrected chi connectivity index (χ4v) is 3.67. The number of carbonyl (C=O) groups excluding carboxylic acids is 2. The first-order valence-electron chi connectivity index (χ1n) is 10.4. The average Bonchev–Trinajstić information content (AvgIpc) is 2.86. The molecule has 0 radical (unpaired) electrons. The molecule has 0 bridgehead atoms. The van der Waals surface area contributed by atoms with E-state index in [1.807, 2.05) is 30.3 Å². The lowest BCUT2D eigenvalue weighted by Crippen LogP contribution is -2.26. The Kier molecular flexibility index (Phi) is 7.14. The van der Waals surface area contributed by atoms with Gasteiger partial charge >= 0.3 is 0 Å². The van der Waals surface area contributed by atoms with Crippen molar-refractivity contribution in [3.63, 3.8) is 0 Å². The van der Waals surface area contributed by atoms with Gasteiger partial charge in [-0.1, -0.05) is 71.7 Å². The molecule has 0 aliphatic rings. The van der Waals surface area contributed by atoms with Crippen LogP contribution in [0.2, 0.25) is 10.0 Å². The summed E-state index contributed by atoms with van der Waals surface area (Å²) in [5.41, 5.74) is 0.240. The van der Waals surface area contributed by atoms with Gasteiger partial charge in [0, 0.05) is 12.1 Å². The highest BCUT2D eigenvalue weighted by Crippen LogP contribution is 2.29. The van der Waals surface area contributed by atoms with Crippen LogP contribution in [0, 0.1) is 0 Å². The van der Waals surface area contributed by atoms with Crippen LogP contribution in [0.5, 0.6) is 5.75 Å². The molecule has 10 heteroatoms. The highest BCUT2D eigenvalue weighted by Gasteiger charge is 2.21. The molecule has 176 valence electrons. The third-order valence-electron chi connectivity index (χ3n) is 5.03. The number of nitrogens with one attached hydrogen (secondary N) is 3. The summed E-state index contributed by atoms with van der Waals surface area (Å²) in [6, 6.07) is 20.3. The van der Waals surface area contributed by atoms with E-state index in [1.165, 1.54) is 6.07 Å². The van der Waals surface area contributed by atoms with Gasteiger partial charge in [-0.3, -0.25) is 14.4 Å². The number of hydrogen-bond donors (Lipinski definition) is 4. The van der Waals surface area contributed by atoms with Gasteiger partial charge in [-0.25, -0.2) is 4.98 Å². The van der Waals surface area contributed by atoms with Gasteiger partial charge in [0.1, 0.15) is 5.82 Å². The minimum absolute atomic E-state index is 0.0225. The van der Waals surface area contributed by atoms with E-state index < -0.39 is 28.8 Å². The van der Waals surface area contributed by atoms with E-state index in [1.54, 1.807) is 36.4 Å². The highest BCUT2D eigenvalue weighted by molar-refractivity contribution is 6.44. The third kappa shape index (κ3) is 5.34. The van der Waals surface area contributed by atoms with E-state index in [0.29, 0.717) is 5.56 Å². The zero-order chi connectivity index (χ0) is 24.9. The van der Waals surface area contributed by atoms with Crippen molar-refractivity contribution in [2.75, 3.05) is 5.32 Å². The molecule has 3 aromatic carbocycles. The van der Waals surface area contributed by atoms with E-state index in [4.69, 9.17) is 23.2 Å². The Bertz CT molecular complexity index is 1470. The van der Waals surface area contributed by atoms with Gasteiger partial charge in [-0.2, -0.15) is 0 Å². The number of carbonyl (C=O) groups is 2. The average molecular weight is 509 g/mol. The van der Waals surface area contributed by atoms with Crippen molar-refractivity contribution in [1.82, 2.24) is 15.3 Å². The summed E-state index contributed by atoms with van der Waals surface area (Å²) in [7, 11) is 0. The van der Waals surface area contributed by atoms with Crippen molar-refractivity contribution < 1.29 is 14.7 Å². The normalized spacial score (nSPS) is 10.6. The molecule has 0 aliphatic heterocycles. The van der Waals surface area contributed by atoms with Crippen LogP contribution in [0.3, 0.4) is 0 Å². The largest absolute Gasteiger partial charge is 0.501 e. The molecule has 0 aliphatic carbocycles. The van der Waals surface area contributed by atoms with Gasteiger partial charge in [0.15, 0.2) is 5.69 Å². The lowest BCUT2D eigenvalue weighted by atomic mass is 10.1. The zero-order valence-electron chi connectivity index (χ0n) is 18.0. The third-order valence-corrected chi connectivity index (χ3v) is 5.85. The Hall–Kier alpha value is -4.14. The summed E-state index contributed by atoms with van der Waals surface area (Å²) in [5, 5.41) is 15.9. The fourth-order valence-electron chi connectivity index (χ4n) is 3.28. The number of aromatic nitrogens is 2. The first-order valence-corrected chi connectivity index (χ1v) is 11.1. The SMILES string of the molecule is O=C(Nc1ccccc1-c1nc(C(=O)NCc2ccccc2)c(O)c(=O)[nH]1)c1cccc(Cl)c1Cl. The minimum Gasteiger partial charge on any atom is -0.501 e. The van der Waals surface area contributed by atoms with E-state index >= 15 is 0 Å². The maximum absolute atomic E-state index is 12.8. The van der Waals surface area contributed by atoms with E-state index in [9.17, 15) is 19.5 Å². The first-order chi connectivity index (χ1) is 16.8. The second-order valence-corrected chi connectivity index (χ2v) is 8.17. The van der Waals surface area contributed by atoms with Crippen LogP contribution in [0.1, 0.15) is 26.4 Å². The fraction of sp³-hybridized carbons (Fsp3) is 0.0400. The number of benzene rings is 3. The van der Waals surface area contributed by atoms with Crippen LogP contribution in [0.25, 0.3) is 11.4 Å². The van der Waals surface area contributed by atoms with Crippen molar-refractivity contribution in [3.8, 4) is 17.1 Å². The number of para-hydroxylation sites is 1. The molecular formula is C25H18Cl2N4O4. The molecule has 0 saturated carbocycles. The van der Waals surface area contributed by atoms with Gasteiger partial charge in [-0.15, -0.1) is 0 Å². The summed E-state index contributed by atoms with van der Waals surface area (Å²) in [6.07, 6.45) is 0. The summed E-state index contributed by atoms with van der Waals surface area (Å²) in [4.78, 5) is 44.6. The summed E-state index contributed by atoms with van der Waals surface area (Å²) in [5.74, 6) is -2.10. The molecule has 0 fully saturated rings. The molecule has 8 nitrogen and oxygen atoms in total. The Labute approximate surface area is 209 Å². The van der Waals surface area contributed by atoms with Crippen molar-refractivity contribution in [3.05, 3.63) is 110 Å². The summed E-state index contributed by atoms with van der Waals surface area (Å²) < 4.78 is 0. The smallest absolute Gasteiger partial charge is 0.294 e. The quantitative estimate of drug-likeness (QED) is 0.302. The lowest BCUT2D eigenvalue weighted by molar-refractivity contribution is 0.0941. The number of aromatic amines is 1. The number of hydrogen-bond acceptors (Lipinski definition) is 5. The van der Waals surface area contributed by atoms with Crippen LogP contribution in [-0.4, -0.2) is 26.9 Å². The van der Waals surface area contributed by atoms with Gasteiger partial charge in [0.2, 0.25) is 5.75 Å². The summed E-state index contributed by atoms with van der Waals surface area (Å²) in [6.45, 7) is 0.177. The molecule has 0 spiro atoms. The molecule has 4 aromatic rings. The number of rotatable bonds is 6. The standard InChI is InChI=1S/C25H18Cl2N4O4/c26-17-11-6-10-16(19(17)27)23(33)29-18-12-5-4-9-15(18)22-30-20(21(32)25(35)31-22)24(34)28-13-14-7-2-1-3-8-14/h1-12,32H,13H2,(H,28,34)(H,29,33)(H,30,31,35). The second kappa shape index (κ2) is 10.4. The topological polar surface area (TPSA) is 124 Å². The Morgan fingerprint density at radius 3 is 2.40 bits per heavy atom.